The van der Waals surface area contributed by atoms with Gasteiger partial charge in [-0.05, 0) is 29.8 Å². The molecule has 1 amide bonds. The van der Waals surface area contributed by atoms with Gasteiger partial charge in [-0.3, -0.25) is 4.79 Å². The largest absolute Gasteiger partial charge is 0.377 e. The van der Waals surface area contributed by atoms with Crippen LogP contribution in [0.2, 0.25) is 5.02 Å². The lowest BCUT2D eigenvalue weighted by Crippen LogP contribution is -2.42. The quantitative estimate of drug-likeness (QED) is 0.844. The lowest BCUT2D eigenvalue weighted by atomic mass is 10.0. The Morgan fingerprint density at radius 2 is 2.28 bits per heavy atom. The second-order valence-electron chi connectivity index (χ2n) is 5.48. The molecule has 0 saturated carbocycles. The molecule has 0 radical (unpaired) electrons. The number of ether oxygens (including phenoxy) is 1. The van der Waals surface area contributed by atoms with Crippen LogP contribution in [0.1, 0.15) is 11.6 Å². The lowest BCUT2D eigenvalue weighted by molar-refractivity contribution is -0.134. The number of morpholine rings is 1. The molecule has 0 bridgehead atoms. The first-order valence-corrected chi connectivity index (χ1v) is 8.18. The summed E-state index contributed by atoms with van der Waals surface area (Å²) in [5.41, 5.74) is 1.61. The molecule has 8 heteroatoms. The number of rotatable bonds is 4. The van der Waals surface area contributed by atoms with E-state index in [1.165, 1.54) is 12.4 Å². The predicted octanol–water partition coefficient (Wildman–Crippen LogP) is 2.32. The van der Waals surface area contributed by atoms with E-state index < -0.39 is 0 Å². The predicted molar refractivity (Wildman–Crippen MR) is 95.3 cm³/mol. The minimum absolute atomic E-state index is 0.132. The van der Waals surface area contributed by atoms with Crippen LogP contribution in [0.25, 0.3) is 11.4 Å². The van der Waals surface area contributed by atoms with Gasteiger partial charge in [0.25, 0.3) is 0 Å². The van der Waals surface area contributed by atoms with E-state index in [1.807, 2.05) is 12.1 Å². The molecule has 0 aliphatic carbocycles. The number of amides is 1. The molecule has 1 aliphatic rings. The van der Waals surface area contributed by atoms with Crippen LogP contribution in [-0.2, 0) is 9.53 Å². The van der Waals surface area contributed by atoms with E-state index in [0.29, 0.717) is 36.6 Å². The number of aromatic nitrogens is 3. The molecule has 7 nitrogen and oxygen atoms in total. The molecule has 3 rings (SSSR count). The summed E-state index contributed by atoms with van der Waals surface area (Å²) in [6.07, 6.45) is 2.75. The number of carbonyl (C=O) groups excluding carboxylic acids is 1. The van der Waals surface area contributed by atoms with Gasteiger partial charge in [0.1, 0.15) is 6.33 Å². The number of hydrogen-bond acceptors (Lipinski definition) is 6. The third-order valence-corrected chi connectivity index (χ3v) is 4.16. The van der Waals surface area contributed by atoms with E-state index in [0.717, 1.165) is 11.1 Å². The van der Waals surface area contributed by atoms with Gasteiger partial charge >= 0.3 is 0 Å². The van der Waals surface area contributed by atoms with Gasteiger partial charge in [-0.1, -0.05) is 18.2 Å². The average molecular weight is 360 g/mol. The first-order chi connectivity index (χ1) is 12.1. The van der Waals surface area contributed by atoms with Crippen LogP contribution in [0.15, 0.2) is 37.2 Å². The molecule has 2 heterocycles. The van der Waals surface area contributed by atoms with Crippen LogP contribution in [0, 0.1) is 0 Å². The molecule has 1 aromatic carbocycles. The molecule has 130 valence electrons. The zero-order chi connectivity index (χ0) is 17.8. The summed E-state index contributed by atoms with van der Waals surface area (Å²) in [4.78, 5) is 26.4. The van der Waals surface area contributed by atoms with Crippen molar-refractivity contribution >= 4 is 23.5 Å². The molecule has 1 aromatic heterocycles. The van der Waals surface area contributed by atoms with E-state index in [9.17, 15) is 4.79 Å². The van der Waals surface area contributed by atoms with Gasteiger partial charge in [-0.15, -0.1) is 0 Å². The Bertz CT molecular complexity index is 798. The number of nitrogens with zero attached hydrogens (tertiary/aromatic N) is 4. The highest BCUT2D eigenvalue weighted by Crippen LogP contribution is 2.30. The molecule has 1 fully saturated rings. The van der Waals surface area contributed by atoms with Crippen molar-refractivity contribution < 1.29 is 9.53 Å². The Morgan fingerprint density at radius 3 is 3.04 bits per heavy atom. The van der Waals surface area contributed by atoms with Gasteiger partial charge in [-0.2, -0.15) is 4.98 Å². The van der Waals surface area contributed by atoms with Crippen LogP contribution >= 0.6 is 11.6 Å². The molecule has 0 unspecified atom stereocenters. The maximum atomic E-state index is 12.2. The number of hydrogen-bond donors (Lipinski definition) is 1. The zero-order valence-electron chi connectivity index (χ0n) is 13.8. The monoisotopic (exact) mass is 359 g/mol. The number of nitrogens with one attached hydrogen (secondary N) is 1. The number of benzene rings is 1. The fourth-order valence-electron chi connectivity index (χ4n) is 2.75. The summed E-state index contributed by atoms with van der Waals surface area (Å²) in [5, 5.41) is 3.42. The average Bonchev–Trinajstić information content (AvgIpc) is 2.67. The number of carbonyl (C=O) groups is 1. The van der Waals surface area contributed by atoms with Crippen LogP contribution in [0.5, 0.6) is 0 Å². The van der Waals surface area contributed by atoms with Gasteiger partial charge in [0.15, 0.2) is 5.82 Å². The topological polar surface area (TPSA) is 80.2 Å². The molecular weight excluding hydrogens is 342 g/mol. The fourth-order valence-corrected chi connectivity index (χ4v) is 2.99. The number of anilines is 1. The van der Waals surface area contributed by atoms with Crippen LogP contribution in [-0.4, -0.2) is 52.6 Å². The van der Waals surface area contributed by atoms with E-state index in [1.54, 1.807) is 18.0 Å². The van der Waals surface area contributed by atoms with Gasteiger partial charge < -0.3 is 15.0 Å². The van der Waals surface area contributed by atoms with Crippen molar-refractivity contribution in [2.45, 2.75) is 6.04 Å². The molecular formula is C17H18ClN5O2. The Hall–Kier alpha value is -2.51. The van der Waals surface area contributed by atoms with Crippen molar-refractivity contribution in [2.75, 3.05) is 32.1 Å². The Balaban J connectivity index is 2.00. The summed E-state index contributed by atoms with van der Waals surface area (Å²) in [7, 11) is 1.74. The first-order valence-electron chi connectivity index (χ1n) is 7.81. The Morgan fingerprint density at radius 1 is 1.44 bits per heavy atom. The molecule has 1 atom stereocenters. The minimum atomic E-state index is -0.234. The highest BCUT2D eigenvalue weighted by Gasteiger charge is 2.28. The second-order valence-corrected chi connectivity index (χ2v) is 5.92. The normalized spacial score (nSPS) is 17.2. The van der Waals surface area contributed by atoms with Gasteiger partial charge in [-0.25, -0.2) is 9.97 Å². The standard InChI is InChI=1S/C17H18ClN5O2/c1-3-15(24)23-4-5-25-9-14(23)11-6-12(8-13(18)7-11)16-20-10-21-17(19-2)22-16/h3,6-8,10,14H,1,4-5,9H2,2H3,(H,19,20,21,22)/t14-/m0/s1. The molecule has 0 spiro atoms. The summed E-state index contributed by atoms with van der Waals surface area (Å²) in [6.45, 7) is 4.98. The SMILES string of the molecule is C=CC(=O)N1CCOC[C@H]1c1cc(Cl)cc(-c2ncnc(NC)n2)c1. The van der Waals surface area contributed by atoms with E-state index >= 15 is 0 Å². The summed E-state index contributed by atoms with van der Waals surface area (Å²) < 4.78 is 5.56. The van der Waals surface area contributed by atoms with Crippen LogP contribution in [0.3, 0.4) is 0 Å². The van der Waals surface area contributed by atoms with E-state index in [4.69, 9.17) is 16.3 Å². The lowest BCUT2D eigenvalue weighted by Gasteiger charge is -2.35. The van der Waals surface area contributed by atoms with Crippen molar-refractivity contribution in [3.63, 3.8) is 0 Å². The highest BCUT2D eigenvalue weighted by atomic mass is 35.5. The maximum absolute atomic E-state index is 12.2. The van der Waals surface area contributed by atoms with Gasteiger partial charge in [0, 0.05) is 24.2 Å². The fraction of sp³-hybridized carbons (Fsp3) is 0.294. The summed E-state index contributed by atoms with van der Waals surface area (Å²) in [5.74, 6) is 0.838. The molecule has 1 N–H and O–H groups in total. The second kappa shape index (κ2) is 7.58. The van der Waals surface area contributed by atoms with E-state index in [-0.39, 0.29) is 11.9 Å². The molecule has 1 saturated heterocycles. The van der Waals surface area contributed by atoms with Crippen molar-refractivity contribution in [3.05, 3.63) is 47.8 Å². The summed E-state index contributed by atoms with van der Waals surface area (Å²) >= 11 is 6.30. The number of halogens is 1. The minimum Gasteiger partial charge on any atom is -0.377 e. The van der Waals surface area contributed by atoms with Gasteiger partial charge in [0.05, 0.1) is 19.3 Å². The highest BCUT2D eigenvalue weighted by molar-refractivity contribution is 6.31. The van der Waals surface area contributed by atoms with Gasteiger partial charge in [0.2, 0.25) is 11.9 Å². The third-order valence-electron chi connectivity index (χ3n) is 3.94. The summed E-state index contributed by atoms with van der Waals surface area (Å²) in [6, 6.07) is 5.29. The molecule has 25 heavy (non-hydrogen) atoms. The van der Waals surface area contributed by atoms with E-state index in [2.05, 4.69) is 26.8 Å². The zero-order valence-corrected chi connectivity index (χ0v) is 14.5. The van der Waals surface area contributed by atoms with Crippen molar-refractivity contribution in [2.24, 2.45) is 0 Å². The Labute approximate surface area is 150 Å². The first kappa shape index (κ1) is 17.3. The van der Waals surface area contributed by atoms with Crippen molar-refractivity contribution in [3.8, 4) is 11.4 Å². The van der Waals surface area contributed by atoms with Crippen molar-refractivity contribution in [1.29, 1.82) is 0 Å². The maximum Gasteiger partial charge on any atom is 0.246 e. The Kier molecular flexibility index (Phi) is 5.25. The van der Waals surface area contributed by atoms with Crippen LogP contribution in [0.4, 0.5) is 5.95 Å². The molecule has 1 aliphatic heterocycles. The third kappa shape index (κ3) is 3.78. The molecule has 2 aromatic rings. The van der Waals surface area contributed by atoms with Crippen LogP contribution < -0.4 is 5.32 Å². The smallest absolute Gasteiger partial charge is 0.246 e. The van der Waals surface area contributed by atoms with Crippen molar-refractivity contribution in [1.82, 2.24) is 19.9 Å².